The fraction of sp³-hybridized carbons (Fsp3) is 0.233. The Balaban J connectivity index is 1.62. The molecule has 1 N–H and O–H groups in total. The molecule has 0 saturated heterocycles. The summed E-state index contributed by atoms with van der Waals surface area (Å²) < 4.78 is 13.4. The molecule has 0 unspecified atom stereocenters. The van der Waals surface area contributed by atoms with E-state index in [0.29, 0.717) is 37.8 Å². The van der Waals surface area contributed by atoms with Crippen LogP contribution in [0.2, 0.25) is 0 Å². The topological polar surface area (TPSA) is 89.1 Å². The Morgan fingerprint density at radius 3 is 2.49 bits per heavy atom. The van der Waals surface area contributed by atoms with Crippen LogP contribution in [0.25, 0.3) is 6.08 Å². The minimum Gasteiger partial charge on any atom is -0.497 e. The number of methoxy groups -OCH3 is 1. The SMILES string of the molecule is CCN(CC)c1ccc(/C=c2/sc3n(c2=O)[C@@H](c2ccc(OC)cc2)C(C(=O)Nc2ccccc2)=C(C)N=3)o1. The van der Waals surface area contributed by atoms with Gasteiger partial charge in [0.05, 0.1) is 29.0 Å². The minimum atomic E-state index is -0.666. The molecule has 2 aromatic carbocycles. The number of aromatic nitrogens is 1. The Hall–Kier alpha value is -4.37. The summed E-state index contributed by atoms with van der Waals surface area (Å²) in [6.45, 7) is 7.57. The van der Waals surface area contributed by atoms with E-state index in [2.05, 4.69) is 24.1 Å². The van der Waals surface area contributed by atoms with Gasteiger partial charge in [0.25, 0.3) is 11.5 Å². The fourth-order valence-electron chi connectivity index (χ4n) is 4.69. The van der Waals surface area contributed by atoms with Crippen LogP contribution in [-0.4, -0.2) is 30.7 Å². The van der Waals surface area contributed by atoms with E-state index >= 15 is 0 Å². The van der Waals surface area contributed by atoms with Crippen molar-refractivity contribution in [2.24, 2.45) is 4.99 Å². The Labute approximate surface area is 230 Å². The highest BCUT2D eigenvalue weighted by Gasteiger charge is 2.32. The number of carbonyl (C=O) groups excluding carboxylic acids is 1. The van der Waals surface area contributed by atoms with E-state index in [9.17, 15) is 9.59 Å². The zero-order chi connectivity index (χ0) is 27.5. The molecule has 1 aliphatic heterocycles. The van der Waals surface area contributed by atoms with Gasteiger partial charge in [-0.15, -0.1) is 0 Å². The molecule has 3 heterocycles. The first-order valence-electron chi connectivity index (χ1n) is 12.8. The number of hydrogen-bond donors (Lipinski definition) is 1. The summed E-state index contributed by atoms with van der Waals surface area (Å²) in [5, 5.41) is 2.96. The van der Waals surface area contributed by atoms with Crippen LogP contribution in [0.1, 0.15) is 38.1 Å². The zero-order valence-electron chi connectivity index (χ0n) is 22.3. The molecule has 0 saturated carbocycles. The highest BCUT2D eigenvalue weighted by Crippen LogP contribution is 2.31. The van der Waals surface area contributed by atoms with Gasteiger partial charge in [0.1, 0.15) is 11.5 Å². The number of anilines is 2. The van der Waals surface area contributed by atoms with Crippen molar-refractivity contribution in [3.05, 3.63) is 109 Å². The van der Waals surface area contributed by atoms with Crippen molar-refractivity contribution in [1.82, 2.24) is 4.57 Å². The van der Waals surface area contributed by atoms with Gasteiger partial charge in [0.2, 0.25) is 0 Å². The van der Waals surface area contributed by atoms with Crippen molar-refractivity contribution >= 4 is 34.9 Å². The molecular formula is C30H30N4O4S. The first kappa shape index (κ1) is 26.2. The Morgan fingerprint density at radius 2 is 1.82 bits per heavy atom. The van der Waals surface area contributed by atoms with E-state index in [1.165, 1.54) is 11.3 Å². The predicted octanol–water partition coefficient (Wildman–Crippen LogP) is 4.32. The number of allylic oxidation sites excluding steroid dienone is 1. The third kappa shape index (κ3) is 5.18. The maximum atomic E-state index is 13.9. The van der Waals surface area contributed by atoms with Crippen LogP contribution in [0, 0.1) is 0 Å². The lowest BCUT2D eigenvalue weighted by atomic mass is 9.95. The van der Waals surface area contributed by atoms with Crippen LogP contribution < -0.4 is 29.8 Å². The summed E-state index contributed by atoms with van der Waals surface area (Å²) in [6, 6.07) is 19.7. The number of ether oxygens (including phenoxy) is 1. The monoisotopic (exact) mass is 542 g/mol. The van der Waals surface area contributed by atoms with Gasteiger partial charge in [-0.2, -0.15) is 0 Å². The number of nitrogens with one attached hydrogen (secondary N) is 1. The maximum absolute atomic E-state index is 13.9. The van der Waals surface area contributed by atoms with Gasteiger partial charge in [-0.05, 0) is 56.7 Å². The van der Waals surface area contributed by atoms with Gasteiger partial charge in [-0.1, -0.05) is 41.7 Å². The Bertz CT molecular complexity index is 1690. The number of thiazole rings is 1. The van der Waals surface area contributed by atoms with Crippen LogP contribution in [0.5, 0.6) is 5.75 Å². The van der Waals surface area contributed by atoms with Crippen molar-refractivity contribution in [2.75, 3.05) is 30.4 Å². The van der Waals surface area contributed by atoms with Crippen LogP contribution in [0.3, 0.4) is 0 Å². The molecule has 1 amide bonds. The molecule has 0 aliphatic carbocycles. The molecule has 0 fully saturated rings. The number of rotatable bonds is 8. The van der Waals surface area contributed by atoms with Crippen molar-refractivity contribution in [1.29, 1.82) is 0 Å². The summed E-state index contributed by atoms with van der Waals surface area (Å²) >= 11 is 1.28. The van der Waals surface area contributed by atoms with Gasteiger partial charge >= 0.3 is 0 Å². The summed E-state index contributed by atoms with van der Waals surface area (Å²) in [4.78, 5) is 34.8. The van der Waals surface area contributed by atoms with Crippen molar-refractivity contribution in [2.45, 2.75) is 26.8 Å². The summed E-state index contributed by atoms with van der Waals surface area (Å²) in [5.74, 6) is 1.71. The number of hydrogen-bond acceptors (Lipinski definition) is 7. The highest BCUT2D eigenvalue weighted by molar-refractivity contribution is 7.07. The number of benzene rings is 2. The van der Waals surface area contributed by atoms with Crippen molar-refractivity contribution in [3.8, 4) is 5.75 Å². The average Bonchev–Trinajstić information content (AvgIpc) is 3.53. The van der Waals surface area contributed by atoms with Crippen LogP contribution in [0.4, 0.5) is 11.6 Å². The molecule has 1 atom stereocenters. The molecule has 1 aliphatic rings. The third-order valence-corrected chi connectivity index (χ3v) is 7.67. The van der Waals surface area contributed by atoms with E-state index in [-0.39, 0.29) is 11.5 Å². The number of amides is 1. The molecule has 4 aromatic rings. The van der Waals surface area contributed by atoms with Crippen molar-refractivity contribution < 1.29 is 13.9 Å². The lowest BCUT2D eigenvalue weighted by molar-refractivity contribution is -0.113. The highest BCUT2D eigenvalue weighted by atomic mass is 32.1. The fourth-order valence-corrected chi connectivity index (χ4v) is 5.71. The number of nitrogens with zero attached hydrogens (tertiary/aromatic N) is 3. The first-order valence-corrected chi connectivity index (χ1v) is 13.6. The van der Waals surface area contributed by atoms with E-state index < -0.39 is 6.04 Å². The predicted molar refractivity (Wildman–Crippen MR) is 154 cm³/mol. The molecule has 0 radical (unpaired) electrons. The van der Waals surface area contributed by atoms with Crippen LogP contribution in [0.15, 0.2) is 92.2 Å². The molecule has 9 heteroatoms. The number of carbonyl (C=O) groups is 1. The Kier molecular flexibility index (Phi) is 7.51. The van der Waals surface area contributed by atoms with Crippen molar-refractivity contribution in [3.63, 3.8) is 0 Å². The molecule has 0 bridgehead atoms. The quantitative estimate of drug-likeness (QED) is 0.358. The lowest BCUT2D eigenvalue weighted by Gasteiger charge is -2.25. The summed E-state index contributed by atoms with van der Waals surface area (Å²) in [5.41, 5.74) is 2.16. The van der Waals surface area contributed by atoms with Gasteiger partial charge < -0.3 is 19.4 Å². The van der Waals surface area contributed by atoms with E-state index in [1.807, 2.05) is 66.7 Å². The smallest absolute Gasteiger partial charge is 0.271 e. The van der Waals surface area contributed by atoms with E-state index in [1.54, 1.807) is 24.7 Å². The molecule has 39 heavy (non-hydrogen) atoms. The second-order valence-electron chi connectivity index (χ2n) is 9.02. The first-order chi connectivity index (χ1) is 18.9. The largest absolute Gasteiger partial charge is 0.497 e. The lowest BCUT2D eigenvalue weighted by Crippen LogP contribution is -2.40. The van der Waals surface area contributed by atoms with Crippen LogP contribution in [-0.2, 0) is 4.79 Å². The van der Waals surface area contributed by atoms with E-state index in [4.69, 9.17) is 14.1 Å². The normalized spacial score (nSPS) is 15.1. The Morgan fingerprint density at radius 1 is 1.10 bits per heavy atom. The van der Waals surface area contributed by atoms with Crippen LogP contribution >= 0.6 is 11.3 Å². The number of furan rings is 1. The maximum Gasteiger partial charge on any atom is 0.271 e. The molecule has 8 nitrogen and oxygen atoms in total. The molecule has 200 valence electrons. The van der Waals surface area contributed by atoms with E-state index in [0.717, 1.165) is 24.5 Å². The standard InChI is InChI=1S/C30H30N4O4S/c1-5-33(6-2)25-17-16-23(38-25)18-24-29(36)34-27(20-12-14-22(37-4)15-13-20)26(19(3)31-30(34)39-24)28(35)32-21-10-8-7-9-11-21/h7-18,27H,5-6H2,1-4H3,(H,32,35)/b24-18+/t27-/m0/s1. The molecule has 0 spiro atoms. The van der Waals surface area contributed by atoms with Gasteiger partial charge in [0, 0.05) is 30.9 Å². The minimum absolute atomic E-state index is 0.238. The molecule has 2 aromatic heterocycles. The summed E-state index contributed by atoms with van der Waals surface area (Å²) in [7, 11) is 1.60. The van der Waals surface area contributed by atoms with Gasteiger partial charge in [-0.25, -0.2) is 4.99 Å². The second-order valence-corrected chi connectivity index (χ2v) is 10.0. The van der Waals surface area contributed by atoms with Gasteiger partial charge in [-0.3, -0.25) is 14.2 Å². The summed E-state index contributed by atoms with van der Waals surface area (Å²) in [6.07, 6.45) is 1.74. The zero-order valence-corrected chi connectivity index (χ0v) is 23.1. The average molecular weight is 543 g/mol. The van der Waals surface area contributed by atoms with Gasteiger partial charge in [0.15, 0.2) is 10.7 Å². The second kappa shape index (κ2) is 11.2. The third-order valence-electron chi connectivity index (χ3n) is 6.69. The molecule has 5 rings (SSSR count). The number of fused-ring (bicyclic) bond motifs is 1. The number of para-hydroxylation sites is 1. The molecular weight excluding hydrogens is 512 g/mol.